The van der Waals surface area contributed by atoms with E-state index in [4.69, 9.17) is 28.4 Å². The zero-order valence-electron chi connectivity index (χ0n) is 20.0. The molecule has 0 N–H and O–H groups in total. The molecule has 0 fully saturated rings. The first-order valence-electron chi connectivity index (χ1n) is 10.4. The Morgan fingerprint density at radius 3 is 2.24 bits per heavy atom. The summed E-state index contributed by atoms with van der Waals surface area (Å²) in [5, 5.41) is 4.01. The molecule has 0 spiro atoms. The van der Waals surface area contributed by atoms with Gasteiger partial charge in [-0.25, -0.2) is 9.59 Å². The number of ether oxygens (including phenoxy) is 6. The van der Waals surface area contributed by atoms with Crippen molar-refractivity contribution in [3.8, 4) is 17.2 Å². The van der Waals surface area contributed by atoms with Gasteiger partial charge in [0, 0.05) is 17.6 Å². The first-order valence-corrected chi connectivity index (χ1v) is 10.4. The fourth-order valence-corrected chi connectivity index (χ4v) is 4.77. The van der Waals surface area contributed by atoms with Gasteiger partial charge < -0.3 is 28.4 Å². The highest BCUT2D eigenvalue weighted by Gasteiger charge is 2.51. The zero-order valence-corrected chi connectivity index (χ0v) is 20.0. The van der Waals surface area contributed by atoms with Gasteiger partial charge in [0.05, 0.1) is 52.6 Å². The van der Waals surface area contributed by atoms with Gasteiger partial charge in [-0.05, 0) is 42.0 Å². The first kappa shape index (κ1) is 24.9. The van der Waals surface area contributed by atoms with E-state index in [1.165, 1.54) is 42.7 Å². The number of allylic oxidation sites excluding steroid dienone is 1. The molecule has 0 bridgehead atoms. The molecule has 0 saturated carbocycles. The lowest BCUT2D eigenvalue weighted by Crippen LogP contribution is -2.43. The Hall–Kier alpha value is -3.69. The van der Waals surface area contributed by atoms with Crippen molar-refractivity contribution in [1.29, 1.82) is 0 Å². The molecule has 1 aromatic carbocycles. The predicted octanol–water partition coefficient (Wildman–Crippen LogP) is 3.36. The summed E-state index contributed by atoms with van der Waals surface area (Å²) in [4.78, 5) is 28.7. The molecule has 0 heterocycles. The van der Waals surface area contributed by atoms with E-state index in [1.807, 2.05) is 6.07 Å². The van der Waals surface area contributed by atoms with Gasteiger partial charge in [0.1, 0.15) is 0 Å². The van der Waals surface area contributed by atoms with E-state index < -0.39 is 23.6 Å². The van der Waals surface area contributed by atoms with E-state index in [2.05, 4.69) is 10.0 Å². The lowest BCUT2D eigenvalue weighted by molar-refractivity contribution is -0.141. The fraction of sp³-hybridized carbons (Fsp3) is 0.478. The second-order valence-corrected chi connectivity index (χ2v) is 7.59. The number of hydrogen-bond acceptors (Lipinski definition) is 9. The molecule has 0 aromatic heterocycles. The molecule has 2 aliphatic rings. The number of nitrogens with zero attached hydrogens (tertiary/aromatic N) is 3. The molecule has 11 heteroatoms. The average Bonchev–Trinajstić information content (AvgIpc) is 3.01. The highest BCUT2D eigenvalue weighted by atomic mass is 16.5. The maximum absolute atomic E-state index is 13.1. The number of esters is 2. The average molecular weight is 473 g/mol. The van der Waals surface area contributed by atoms with E-state index in [-0.39, 0.29) is 24.0 Å². The third-order valence-corrected chi connectivity index (χ3v) is 6.26. The standard InChI is InChI=1S/C23H27N3O8/c1-29-15-11-12-9-10-23(34-6,25-26-24)18-13(16(12)20(31-3)19(15)30-2)7-8-14(21(27)32-4)17(18)22(28)33-5/h7,11,18H,8-10H2,1-6H3/t18-,23+/m1/s1. The monoisotopic (exact) mass is 473 g/mol. The number of carbonyl (C=O) groups excluding carboxylic acids is 2. The van der Waals surface area contributed by atoms with Crippen molar-refractivity contribution in [2.24, 2.45) is 11.0 Å². The van der Waals surface area contributed by atoms with Gasteiger partial charge in [0.25, 0.3) is 0 Å². The number of fused-ring (bicyclic) bond motifs is 3. The fourth-order valence-electron chi connectivity index (χ4n) is 4.77. The lowest BCUT2D eigenvalue weighted by Gasteiger charge is -2.39. The van der Waals surface area contributed by atoms with Crippen LogP contribution in [0.5, 0.6) is 17.2 Å². The summed E-state index contributed by atoms with van der Waals surface area (Å²) in [5.74, 6) is -1.24. The zero-order chi connectivity index (χ0) is 25.0. The van der Waals surface area contributed by atoms with Crippen LogP contribution in [0.1, 0.15) is 24.0 Å². The van der Waals surface area contributed by atoms with Crippen molar-refractivity contribution in [3.05, 3.63) is 44.9 Å². The van der Waals surface area contributed by atoms with Crippen LogP contribution in [0.15, 0.2) is 28.4 Å². The van der Waals surface area contributed by atoms with Crippen LogP contribution in [0, 0.1) is 5.92 Å². The Kier molecular flexibility index (Phi) is 7.38. The second-order valence-electron chi connectivity index (χ2n) is 7.59. The maximum Gasteiger partial charge on any atom is 0.335 e. The molecular formula is C23H27N3O8. The van der Waals surface area contributed by atoms with Crippen LogP contribution in [-0.2, 0) is 30.2 Å². The smallest absolute Gasteiger partial charge is 0.335 e. The predicted molar refractivity (Wildman–Crippen MR) is 120 cm³/mol. The van der Waals surface area contributed by atoms with E-state index in [9.17, 15) is 15.1 Å². The summed E-state index contributed by atoms with van der Waals surface area (Å²) < 4.78 is 32.6. The third kappa shape index (κ3) is 3.82. The Bertz CT molecular complexity index is 1120. The summed E-state index contributed by atoms with van der Waals surface area (Å²) in [6.07, 6.45) is 2.43. The van der Waals surface area contributed by atoms with Crippen LogP contribution >= 0.6 is 0 Å². The van der Waals surface area contributed by atoms with Gasteiger partial charge in [0.2, 0.25) is 5.75 Å². The highest BCUT2D eigenvalue weighted by molar-refractivity contribution is 6.05. The topological polar surface area (TPSA) is 138 Å². The van der Waals surface area contributed by atoms with Crippen molar-refractivity contribution in [1.82, 2.24) is 0 Å². The molecule has 1 aromatic rings. The van der Waals surface area contributed by atoms with E-state index in [1.54, 1.807) is 6.08 Å². The molecule has 0 radical (unpaired) electrons. The van der Waals surface area contributed by atoms with Gasteiger partial charge in [-0.3, -0.25) is 0 Å². The van der Waals surface area contributed by atoms with Crippen LogP contribution in [-0.4, -0.2) is 60.3 Å². The van der Waals surface area contributed by atoms with E-state index in [0.29, 0.717) is 34.8 Å². The number of methoxy groups -OCH3 is 6. The Labute approximate surface area is 196 Å². The summed E-state index contributed by atoms with van der Waals surface area (Å²) in [5.41, 5.74) is 10.0. The molecule has 0 amide bonds. The number of rotatable bonds is 7. The minimum absolute atomic E-state index is 0.00536. The quantitative estimate of drug-likeness (QED) is 0.254. The minimum Gasteiger partial charge on any atom is -0.493 e. The first-order chi connectivity index (χ1) is 16.4. The lowest BCUT2D eigenvalue weighted by atomic mass is 9.73. The van der Waals surface area contributed by atoms with Gasteiger partial charge in [-0.2, -0.15) is 0 Å². The van der Waals surface area contributed by atoms with Crippen molar-refractivity contribution in [2.75, 3.05) is 42.7 Å². The molecule has 2 aliphatic carbocycles. The molecule has 3 rings (SSSR count). The van der Waals surface area contributed by atoms with Gasteiger partial charge >= 0.3 is 11.9 Å². The SMILES string of the molecule is COC(=O)C1=C(C(=O)OC)[C@H]2C(=CC1)c1c(cc(OC)c(OC)c1OC)CC[C@]2(N=[N+]=[N-])OC. The summed E-state index contributed by atoms with van der Waals surface area (Å²) in [6, 6.07) is 1.81. The van der Waals surface area contributed by atoms with Gasteiger partial charge in [-0.15, -0.1) is 0 Å². The van der Waals surface area contributed by atoms with E-state index >= 15 is 0 Å². The highest BCUT2D eigenvalue weighted by Crippen LogP contribution is 2.55. The van der Waals surface area contributed by atoms with Crippen molar-refractivity contribution < 1.29 is 38.0 Å². The number of azide groups is 1. The number of aryl methyl sites for hydroxylation is 1. The number of carbonyl (C=O) groups is 2. The molecule has 11 nitrogen and oxygen atoms in total. The maximum atomic E-state index is 13.1. The van der Waals surface area contributed by atoms with Crippen molar-refractivity contribution >= 4 is 17.5 Å². The van der Waals surface area contributed by atoms with Crippen LogP contribution in [0.2, 0.25) is 0 Å². The summed E-state index contributed by atoms with van der Waals surface area (Å²) in [6.45, 7) is 0. The van der Waals surface area contributed by atoms with Crippen LogP contribution in [0.3, 0.4) is 0 Å². The molecule has 34 heavy (non-hydrogen) atoms. The molecule has 0 saturated heterocycles. The summed E-state index contributed by atoms with van der Waals surface area (Å²) in [7, 11) is 8.33. The van der Waals surface area contributed by atoms with Crippen molar-refractivity contribution in [3.63, 3.8) is 0 Å². The molecule has 182 valence electrons. The minimum atomic E-state index is -1.55. The normalized spacial score (nSPS) is 21.1. The second kappa shape index (κ2) is 10.1. The van der Waals surface area contributed by atoms with Gasteiger partial charge in [0.15, 0.2) is 17.2 Å². The van der Waals surface area contributed by atoms with Crippen LogP contribution < -0.4 is 14.2 Å². The van der Waals surface area contributed by atoms with Crippen LogP contribution in [0.4, 0.5) is 0 Å². The molecule has 0 unspecified atom stereocenters. The Morgan fingerprint density at radius 1 is 1.03 bits per heavy atom. The van der Waals surface area contributed by atoms with Crippen LogP contribution in [0.25, 0.3) is 16.0 Å². The van der Waals surface area contributed by atoms with Crippen molar-refractivity contribution in [2.45, 2.75) is 25.0 Å². The van der Waals surface area contributed by atoms with Gasteiger partial charge in [-0.1, -0.05) is 11.2 Å². The number of benzene rings is 1. The largest absolute Gasteiger partial charge is 0.493 e. The van der Waals surface area contributed by atoms with E-state index in [0.717, 1.165) is 5.56 Å². The molecule has 0 aliphatic heterocycles. The molecular weight excluding hydrogens is 446 g/mol. The Balaban J connectivity index is 2.46. The third-order valence-electron chi connectivity index (χ3n) is 6.26. The number of hydrogen-bond donors (Lipinski definition) is 0. The Morgan fingerprint density at radius 2 is 1.71 bits per heavy atom. The molecule has 2 atom stereocenters. The summed E-state index contributed by atoms with van der Waals surface area (Å²) >= 11 is 0.